The van der Waals surface area contributed by atoms with Crippen LogP contribution in [-0.4, -0.2) is 24.0 Å². The van der Waals surface area contributed by atoms with Crippen molar-refractivity contribution in [3.05, 3.63) is 23.8 Å². The molecular weight excluding hydrogens is 230 g/mol. The lowest BCUT2D eigenvalue weighted by molar-refractivity contribution is 0.354. The number of hydrogen-bond donors (Lipinski definition) is 1. The number of methoxy groups -OCH3 is 2. The average Bonchev–Trinajstić information content (AvgIpc) is 2.68. The zero-order chi connectivity index (χ0) is 13.3. The smallest absolute Gasteiger partial charge is 0.170 e. The molecule has 0 saturated carbocycles. The van der Waals surface area contributed by atoms with E-state index in [4.69, 9.17) is 15.2 Å². The summed E-state index contributed by atoms with van der Waals surface area (Å²) in [5.41, 5.74) is 8.45. The van der Waals surface area contributed by atoms with Crippen LogP contribution < -0.4 is 15.2 Å². The third-order valence-electron chi connectivity index (χ3n) is 2.91. The molecule has 0 amide bonds. The minimum absolute atomic E-state index is 0.603. The Morgan fingerprint density at radius 3 is 2.33 bits per heavy atom. The standard InChI is InChI=1S/C13H17N3O2/c1-8-5-6-9(13(18-4)12(8)17-3)10-7-11(14)16(2)15-10/h5-7H,14H2,1-4H3. The Balaban J connectivity index is 2.64. The molecule has 2 rings (SSSR count). The molecule has 2 aromatic rings. The lowest BCUT2D eigenvalue weighted by Gasteiger charge is -2.13. The summed E-state index contributed by atoms with van der Waals surface area (Å²) >= 11 is 0. The summed E-state index contributed by atoms with van der Waals surface area (Å²) in [5, 5.41) is 4.35. The third-order valence-corrected chi connectivity index (χ3v) is 2.91. The molecular formula is C13H17N3O2. The molecule has 0 atom stereocenters. The first kappa shape index (κ1) is 12.3. The van der Waals surface area contributed by atoms with E-state index in [0.29, 0.717) is 11.6 Å². The number of aromatic nitrogens is 2. The van der Waals surface area contributed by atoms with E-state index < -0.39 is 0 Å². The van der Waals surface area contributed by atoms with Crippen LogP contribution >= 0.6 is 0 Å². The van der Waals surface area contributed by atoms with Gasteiger partial charge in [-0.1, -0.05) is 6.07 Å². The highest BCUT2D eigenvalue weighted by Gasteiger charge is 2.16. The maximum Gasteiger partial charge on any atom is 0.170 e. The van der Waals surface area contributed by atoms with Gasteiger partial charge in [0.25, 0.3) is 0 Å². The van der Waals surface area contributed by atoms with E-state index in [2.05, 4.69) is 5.10 Å². The second-order valence-electron chi connectivity index (χ2n) is 4.07. The molecule has 0 unspecified atom stereocenters. The Bertz CT molecular complexity index is 556. The first-order valence-electron chi connectivity index (χ1n) is 5.60. The number of benzene rings is 1. The van der Waals surface area contributed by atoms with Crippen LogP contribution in [0.3, 0.4) is 0 Å². The molecule has 0 fully saturated rings. The van der Waals surface area contributed by atoms with Crippen molar-refractivity contribution in [2.45, 2.75) is 6.92 Å². The number of nitrogen functional groups attached to an aromatic ring is 1. The highest BCUT2D eigenvalue weighted by atomic mass is 16.5. The minimum Gasteiger partial charge on any atom is -0.493 e. The third kappa shape index (κ3) is 1.88. The Morgan fingerprint density at radius 2 is 1.83 bits per heavy atom. The summed E-state index contributed by atoms with van der Waals surface area (Å²) < 4.78 is 12.4. The summed E-state index contributed by atoms with van der Waals surface area (Å²) in [7, 11) is 5.05. The molecule has 0 aliphatic heterocycles. The van der Waals surface area contributed by atoms with Crippen molar-refractivity contribution in [3.8, 4) is 22.8 Å². The van der Waals surface area contributed by atoms with Crippen LogP contribution in [0, 0.1) is 6.92 Å². The van der Waals surface area contributed by atoms with Gasteiger partial charge in [0.15, 0.2) is 11.5 Å². The van der Waals surface area contributed by atoms with Crippen molar-refractivity contribution < 1.29 is 9.47 Å². The zero-order valence-electron chi connectivity index (χ0n) is 11.0. The predicted molar refractivity (Wildman–Crippen MR) is 70.9 cm³/mol. The molecule has 1 heterocycles. The fourth-order valence-corrected chi connectivity index (χ4v) is 1.93. The molecule has 0 aliphatic carbocycles. The van der Waals surface area contributed by atoms with Crippen molar-refractivity contribution in [1.29, 1.82) is 0 Å². The number of anilines is 1. The fraction of sp³-hybridized carbons (Fsp3) is 0.308. The molecule has 1 aromatic heterocycles. The summed E-state index contributed by atoms with van der Waals surface area (Å²) in [6, 6.07) is 5.74. The Labute approximate surface area is 106 Å². The minimum atomic E-state index is 0.603. The zero-order valence-corrected chi connectivity index (χ0v) is 11.0. The van der Waals surface area contributed by atoms with Gasteiger partial charge in [-0.3, -0.25) is 4.68 Å². The molecule has 0 aliphatic rings. The van der Waals surface area contributed by atoms with Crippen molar-refractivity contribution in [3.63, 3.8) is 0 Å². The van der Waals surface area contributed by atoms with Gasteiger partial charge in [0, 0.05) is 18.7 Å². The Hall–Kier alpha value is -2.17. The Morgan fingerprint density at radius 1 is 1.17 bits per heavy atom. The summed E-state index contributed by atoms with van der Waals surface area (Å²) in [6.07, 6.45) is 0. The monoisotopic (exact) mass is 247 g/mol. The summed E-state index contributed by atoms with van der Waals surface area (Å²) in [4.78, 5) is 0. The average molecular weight is 247 g/mol. The van der Waals surface area contributed by atoms with Gasteiger partial charge >= 0.3 is 0 Å². The van der Waals surface area contributed by atoms with Crippen LogP contribution in [-0.2, 0) is 7.05 Å². The van der Waals surface area contributed by atoms with E-state index in [1.807, 2.05) is 25.1 Å². The van der Waals surface area contributed by atoms with Gasteiger partial charge in [0.1, 0.15) is 5.82 Å². The molecule has 0 saturated heterocycles. The lowest BCUT2D eigenvalue weighted by Crippen LogP contribution is -1.98. The number of hydrogen-bond acceptors (Lipinski definition) is 4. The first-order chi connectivity index (χ1) is 8.58. The van der Waals surface area contributed by atoms with Crippen LogP contribution in [0.5, 0.6) is 11.5 Å². The molecule has 5 heteroatoms. The summed E-state index contributed by atoms with van der Waals surface area (Å²) in [6.45, 7) is 1.97. The van der Waals surface area contributed by atoms with Gasteiger partial charge < -0.3 is 15.2 Å². The van der Waals surface area contributed by atoms with E-state index >= 15 is 0 Å². The molecule has 1 aromatic carbocycles. The van der Waals surface area contributed by atoms with E-state index in [-0.39, 0.29) is 0 Å². The molecule has 96 valence electrons. The van der Waals surface area contributed by atoms with Crippen LogP contribution in [0.4, 0.5) is 5.82 Å². The van der Waals surface area contributed by atoms with Crippen molar-refractivity contribution in [1.82, 2.24) is 9.78 Å². The van der Waals surface area contributed by atoms with Crippen molar-refractivity contribution >= 4 is 5.82 Å². The molecule has 5 nitrogen and oxygen atoms in total. The van der Waals surface area contributed by atoms with Gasteiger partial charge in [0.05, 0.1) is 19.9 Å². The molecule has 18 heavy (non-hydrogen) atoms. The van der Waals surface area contributed by atoms with Gasteiger partial charge in [-0.15, -0.1) is 0 Å². The van der Waals surface area contributed by atoms with E-state index in [9.17, 15) is 0 Å². The highest BCUT2D eigenvalue weighted by Crippen LogP contribution is 2.39. The largest absolute Gasteiger partial charge is 0.493 e. The van der Waals surface area contributed by atoms with Crippen molar-refractivity contribution in [2.75, 3.05) is 20.0 Å². The normalized spacial score (nSPS) is 10.4. The second-order valence-corrected chi connectivity index (χ2v) is 4.07. The van der Waals surface area contributed by atoms with Gasteiger partial charge in [-0.25, -0.2) is 0 Å². The van der Waals surface area contributed by atoms with Crippen molar-refractivity contribution in [2.24, 2.45) is 7.05 Å². The van der Waals surface area contributed by atoms with Gasteiger partial charge in [-0.05, 0) is 18.6 Å². The van der Waals surface area contributed by atoms with Crippen LogP contribution in [0.15, 0.2) is 18.2 Å². The number of nitrogens with two attached hydrogens (primary N) is 1. The van der Waals surface area contributed by atoms with Crippen LogP contribution in [0.1, 0.15) is 5.56 Å². The maximum atomic E-state index is 5.80. The van der Waals surface area contributed by atoms with Gasteiger partial charge in [-0.2, -0.15) is 5.10 Å². The van der Waals surface area contributed by atoms with Crippen LogP contribution in [0.2, 0.25) is 0 Å². The molecule has 0 spiro atoms. The Kier molecular flexibility index (Phi) is 3.14. The molecule has 2 N–H and O–H groups in total. The lowest BCUT2D eigenvalue weighted by atomic mass is 10.1. The number of rotatable bonds is 3. The quantitative estimate of drug-likeness (QED) is 0.901. The fourth-order valence-electron chi connectivity index (χ4n) is 1.93. The first-order valence-corrected chi connectivity index (χ1v) is 5.60. The second kappa shape index (κ2) is 4.60. The maximum absolute atomic E-state index is 5.80. The number of aryl methyl sites for hydroxylation is 2. The number of nitrogens with zero attached hydrogens (tertiary/aromatic N) is 2. The van der Waals surface area contributed by atoms with E-state index in [1.54, 1.807) is 25.9 Å². The summed E-state index contributed by atoms with van der Waals surface area (Å²) in [5.74, 6) is 2.00. The number of ether oxygens (including phenoxy) is 2. The van der Waals surface area contributed by atoms with E-state index in [1.165, 1.54) is 0 Å². The van der Waals surface area contributed by atoms with Gasteiger partial charge in [0.2, 0.25) is 0 Å². The highest BCUT2D eigenvalue weighted by molar-refractivity contribution is 5.74. The SMILES string of the molecule is COc1c(C)ccc(-c2cc(N)n(C)n2)c1OC. The molecule has 0 bridgehead atoms. The van der Waals surface area contributed by atoms with Crippen LogP contribution in [0.25, 0.3) is 11.3 Å². The molecule has 0 radical (unpaired) electrons. The predicted octanol–water partition coefficient (Wildman–Crippen LogP) is 1.99. The van der Waals surface area contributed by atoms with E-state index in [0.717, 1.165) is 22.6 Å². The topological polar surface area (TPSA) is 62.3 Å².